The van der Waals surface area contributed by atoms with E-state index in [-0.39, 0.29) is 17.5 Å². The second kappa shape index (κ2) is 5.72. The van der Waals surface area contributed by atoms with Crippen LogP contribution >= 0.6 is 0 Å². The predicted octanol–water partition coefficient (Wildman–Crippen LogP) is 3.48. The Morgan fingerprint density at radius 2 is 1.84 bits per heavy atom. The smallest absolute Gasteiger partial charge is 0.327 e. The summed E-state index contributed by atoms with van der Waals surface area (Å²) in [6.45, 7) is 5.55. The quantitative estimate of drug-likeness (QED) is 0.770. The molecule has 0 aliphatic rings. The molecular weight excluding hydrogens is 333 g/mol. The standard InChI is InChI=1S/C17H17F3N4O/c1-16(2,3)15-22-13-11(14(25)23-15)8-21-24(13)9-10-6-4-5-7-12(10)17(18,19)20/h4-8H,9H2,1-3H3,(H,22,23,25). The van der Waals surface area contributed by atoms with Crippen LogP contribution in [0.15, 0.2) is 35.3 Å². The molecule has 1 aromatic carbocycles. The first-order chi connectivity index (χ1) is 11.6. The summed E-state index contributed by atoms with van der Waals surface area (Å²) in [4.78, 5) is 19.2. The fourth-order valence-electron chi connectivity index (χ4n) is 2.55. The van der Waals surface area contributed by atoms with Gasteiger partial charge in [-0.25, -0.2) is 4.68 Å². The Bertz CT molecular complexity index is 980. The van der Waals surface area contributed by atoms with Gasteiger partial charge in [0.05, 0.1) is 18.3 Å². The van der Waals surface area contributed by atoms with Crippen molar-refractivity contribution in [3.8, 4) is 0 Å². The monoisotopic (exact) mass is 350 g/mol. The van der Waals surface area contributed by atoms with Crippen LogP contribution in [-0.2, 0) is 18.1 Å². The van der Waals surface area contributed by atoms with Gasteiger partial charge in [0.25, 0.3) is 5.56 Å². The van der Waals surface area contributed by atoms with Gasteiger partial charge in [-0.05, 0) is 11.6 Å². The molecule has 0 spiro atoms. The Balaban J connectivity index is 2.13. The van der Waals surface area contributed by atoms with E-state index in [1.807, 2.05) is 20.8 Å². The molecule has 0 amide bonds. The van der Waals surface area contributed by atoms with Gasteiger partial charge in [0.2, 0.25) is 0 Å². The van der Waals surface area contributed by atoms with Gasteiger partial charge in [-0.3, -0.25) is 4.79 Å². The van der Waals surface area contributed by atoms with Crippen molar-refractivity contribution in [1.82, 2.24) is 19.7 Å². The van der Waals surface area contributed by atoms with Crippen molar-refractivity contribution in [2.75, 3.05) is 0 Å². The minimum Gasteiger partial charge on any atom is -0.327 e. The second-order valence-electron chi connectivity index (χ2n) is 6.86. The third-order valence-corrected chi connectivity index (χ3v) is 3.87. The van der Waals surface area contributed by atoms with E-state index in [1.54, 1.807) is 6.07 Å². The number of hydrogen-bond donors (Lipinski definition) is 1. The SMILES string of the molecule is CC(C)(C)c1nc(=O)c2cnn(Cc3ccccc3C(F)(F)F)c2[nH]1. The van der Waals surface area contributed by atoms with Crippen molar-refractivity contribution in [3.05, 3.63) is 57.8 Å². The van der Waals surface area contributed by atoms with E-state index >= 15 is 0 Å². The molecule has 0 saturated carbocycles. The summed E-state index contributed by atoms with van der Waals surface area (Å²) < 4.78 is 40.9. The van der Waals surface area contributed by atoms with Crippen molar-refractivity contribution in [2.24, 2.45) is 0 Å². The molecule has 3 rings (SSSR count). The van der Waals surface area contributed by atoms with E-state index in [4.69, 9.17) is 0 Å². The lowest BCUT2D eigenvalue weighted by molar-refractivity contribution is -0.138. The summed E-state index contributed by atoms with van der Waals surface area (Å²) in [5, 5.41) is 4.32. The first kappa shape index (κ1) is 17.2. The molecule has 0 fully saturated rings. The van der Waals surface area contributed by atoms with Gasteiger partial charge < -0.3 is 4.98 Å². The van der Waals surface area contributed by atoms with Crippen LogP contribution in [0.2, 0.25) is 0 Å². The average molecular weight is 350 g/mol. The van der Waals surface area contributed by atoms with Gasteiger partial charge in [0.1, 0.15) is 16.9 Å². The number of H-pyrrole nitrogens is 1. The van der Waals surface area contributed by atoms with Crippen molar-refractivity contribution >= 4 is 11.0 Å². The van der Waals surface area contributed by atoms with Gasteiger partial charge in [-0.2, -0.15) is 23.3 Å². The lowest BCUT2D eigenvalue weighted by Gasteiger charge is -2.17. The molecule has 132 valence electrons. The maximum atomic E-state index is 13.2. The van der Waals surface area contributed by atoms with Gasteiger partial charge in [0.15, 0.2) is 0 Å². The van der Waals surface area contributed by atoms with Crippen molar-refractivity contribution in [3.63, 3.8) is 0 Å². The first-order valence-electron chi connectivity index (χ1n) is 7.69. The molecule has 5 nitrogen and oxygen atoms in total. The second-order valence-corrected chi connectivity index (χ2v) is 6.86. The number of nitrogens with zero attached hydrogens (tertiary/aromatic N) is 3. The third-order valence-electron chi connectivity index (χ3n) is 3.87. The lowest BCUT2D eigenvalue weighted by atomic mass is 9.96. The third kappa shape index (κ3) is 3.29. The van der Waals surface area contributed by atoms with E-state index in [0.717, 1.165) is 6.07 Å². The first-order valence-corrected chi connectivity index (χ1v) is 7.69. The number of aromatic nitrogens is 4. The minimum absolute atomic E-state index is 0.0787. The largest absolute Gasteiger partial charge is 0.416 e. The number of fused-ring (bicyclic) bond motifs is 1. The molecular formula is C17H17F3N4O. The van der Waals surface area contributed by atoms with E-state index in [2.05, 4.69) is 15.1 Å². The predicted molar refractivity (Wildman–Crippen MR) is 87.4 cm³/mol. The number of alkyl halides is 3. The van der Waals surface area contributed by atoms with Crippen LogP contribution in [0.3, 0.4) is 0 Å². The maximum Gasteiger partial charge on any atom is 0.416 e. The summed E-state index contributed by atoms with van der Waals surface area (Å²) >= 11 is 0. The minimum atomic E-state index is -4.45. The van der Waals surface area contributed by atoms with Crippen molar-refractivity contribution in [1.29, 1.82) is 0 Å². The fraction of sp³-hybridized carbons (Fsp3) is 0.353. The number of hydrogen-bond acceptors (Lipinski definition) is 3. The zero-order valence-electron chi connectivity index (χ0n) is 14.0. The highest BCUT2D eigenvalue weighted by Crippen LogP contribution is 2.32. The van der Waals surface area contributed by atoms with Gasteiger partial charge >= 0.3 is 6.18 Å². The Kier molecular flexibility index (Phi) is 3.93. The number of rotatable bonds is 2. The molecule has 0 aliphatic heterocycles. The molecule has 0 bridgehead atoms. The topological polar surface area (TPSA) is 63.6 Å². The van der Waals surface area contributed by atoms with Gasteiger partial charge in [0, 0.05) is 5.41 Å². The summed E-state index contributed by atoms with van der Waals surface area (Å²) in [6, 6.07) is 5.32. The Morgan fingerprint density at radius 1 is 1.16 bits per heavy atom. The maximum absolute atomic E-state index is 13.2. The normalized spacial score (nSPS) is 12.7. The van der Waals surface area contributed by atoms with Crippen LogP contribution in [0.1, 0.15) is 37.7 Å². The molecule has 0 aliphatic carbocycles. The van der Waals surface area contributed by atoms with Crippen LogP contribution in [0.5, 0.6) is 0 Å². The molecule has 2 heterocycles. The highest BCUT2D eigenvalue weighted by Gasteiger charge is 2.33. The van der Waals surface area contributed by atoms with Crippen LogP contribution < -0.4 is 5.56 Å². The van der Waals surface area contributed by atoms with Crippen LogP contribution in [0.4, 0.5) is 13.2 Å². The van der Waals surface area contributed by atoms with E-state index in [1.165, 1.54) is 23.0 Å². The molecule has 0 radical (unpaired) electrons. The van der Waals surface area contributed by atoms with Crippen LogP contribution in [0, 0.1) is 0 Å². The summed E-state index contributed by atoms with van der Waals surface area (Å²) in [6.07, 6.45) is -3.13. The lowest BCUT2D eigenvalue weighted by Crippen LogP contribution is -2.22. The Morgan fingerprint density at radius 3 is 2.48 bits per heavy atom. The van der Waals surface area contributed by atoms with E-state index in [9.17, 15) is 18.0 Å². The molecule has 8 heteroatoms. The van der Waals surface area contributed by atoms with Gasteiger partial charge in [-0.1, -0.05) is 39.0 Å². The highest BCUT2D eigenvalue weighted by molar-refractivity contribution is 5.73. The van der Waals surface area contributed by atoms with Crippen molar-refractivity contribution in [2.45, 2.75) is 38.9 Å². The molecule has 0 unspecified atom stereocenters. The van der Waals surface area contributed by atoms with Crippen LogP contribution in [-0.4, -0.2) is 19.7 Å². The summed E-state index contributed by atoms with van der Waals surface area (Å²) in [5.74, 6) is 0.454. The van der Waals surface area contributed by atoms with Crippen LogP contribution in [0.25, 0.3) is 11.0 Å². The van der Waals surface area contributed by atoms with Crippen molar-refractivity contribution < 1.29 is 13.2 Å². The van der Waals surface area contributed by atoms with Gasteiger partial charge in [-0.15, -0.1) is 0 Å². The Hall–Kier alpha value is -2.64. The fourth-order valence-corrected chi connectivity index (χ4v) is 2.55. The highest BCUT2D eigenvalue weighted by atomic mass is 19.4. The van der Waals surface area contributed by atoms with E-state index < -0.39 is 22.7 Å². The molecule has 3 aromatic rings. The number of nitrogens with one attached hydrogen (secondary N) is 1. The number of halogens is 3. The number of benzene rings is 1. The summed E-state index contributed by atoms with van der Waals surface area (Å²) in [5.41, 5.74) is -1.14. The Labute approximate surface area is 141 Å². The molecule has 1 N–H and O–H groups in total. The summed E-state index contributed by atoms with van der Waals surface area (Å²) in [7, 11) is 0. The molecule has 0 saturated heterocycles. The zero-order valence-corrected chi connectivity index (χ0v) is 14.0. The van der Waals surface area contributed by atoms with E-state index in [0.29, 0.717) is 11.5 Å². The number of aromatic amines is 1. The molecule has 0 atom stereocenters. The zero-order chi connectivity index (χ0) is 18.4. The average Bonchev–Trinajstić information content (AvgIpc) is 2.89. The molecule has 2 aromatic heterocycles. The molecule has 25 heavy (non-hydrogen) atoms.